The molecule has 2 rings (SSSR count). The van der Waals surface area contributed by atoms with Crippen LogP contribution >= 0.6 is 24.0 Å². The van der Waals surface area contributed by atoms with Crippen LogP contribution < -0.4 is 10.1 Å². The number of likely N-dealkylation sites (N-methyl/N-ethyl adjacent to an activating group) is 1. The van der Waals surface area contributed by atoms with Crippen molar-refractivity contribution < 1.29 is 17.9 Å². The third kappa shape index (κ3) is 9.31. The Morgan fingerprint density at radius 2 is 2.04 bits per heavy atom. The van der Waals surface area contributed by atoms with E-state index >= 15 is 0 Å². The van der Waals surface area contributed by atoms with Gasteiger partial charge in [-0.2, -0.15) is 13.2 Å². The van der Waals surface area contributed by atoms with Gasteiger partial charge in [0.1, 0.15) is 12.4 Å². The molecule has 0 spiro atoms. The summed E-state index contributed by atoms with van der Waals surface area (Å²) in [5, 5.41) is 3.23. The molecule has 0 bridgehead atoms. The minimum absolute atomic E-state index is 0. The molecule has 5 nitrogen and oxygen atoms in total. The van der Waals surface area contributed by atoms with Crippen LogP contribution in [0.15, 0.2) is 35.3 Å². The number of nitrogens with one attached hydrogen (secondary N) is 1. The summed E-state index contributed by atoms with van der Waals surface area (Å²) < 4.78 is 43.2. The summed E-state index contributed by atoms with van der Waals surface area (Å²) in [4.78, 5) is 8.06. The van der Waals surface area contributed by atoms with Gasteiger partial charge in [-0.25, -0.2) is 0 Å². The van der Waals surface area contributed by atoms with Gasteiger partial charge >= 0.3 is 6.18 Å². The van der Waals surface area contributed by atoms with Crippen molar-refractivity contribution in [2.75, 3.05) is 52.9 Å². The van der Waals surface area contributed by atoms with Gasteiger partial charge in [-0.15, -0.1) is 24.0 Å². The minimum atomic E-state index is -4.13. The van der Waals surface area contributed by atoms with E-state index in [1.807, 2.05) is 49.2 Å². The number of likely N-dealkylation sites (tertiary alicyclic amines) is 1. The first-order valence-corrected chi connectivity index (χ1v) is 9.33. The quantitative estimate of drug-likeness (QED) is 0.328. The molecule has 0 saturated carbocycles. The lowest BCUT2D eigenvalue weighted by Gasteiger charge is -2.23. The van der Waals surface area contributed by atoms with Crippen LogP contribution in [0.5, 0.6) is 5.75 Å². The van der Waals surface area contributed by atoms with Crippen molar-refractivity contribution >= 4 is 29.9 Å². The smallest absolute Gasteiger partial charge is 0.401 e. The zero-order valence-corrected chi connectivity index (χ0v) is 18.7. The predicted octanol–water partition coefficient (Wildman–Crippen LogP) is 3.46. The molecule has 0 aliphatic carbocycles. The summed E-state index contributed by atoms with van der Waals surface area (Å²) in [5.74, 6) is 1.74. The fourth-order valence-corrected chi connectivity index (χ4v) is 3.07. The summed E-state index contributed by atoms with van der Waals surface area (Å²) in [7, 11) is 1.93. The zero-order valence-electron chi connectivity index (χ0n) is 16.4. The maximum absolute atomic E-state index is 12.5. The van der Waals surface area contributed by atoms with Crippen molar-refractivity contribution in [3.63, 3.8) is 0 Å². The Morgan fingerprint density at radius 1 is 1.32 bits per heavy atom. The predicted molar refractivity (Wildman–Crippen MR) is 117 cm³/mol. The van der Waals surface area contributed by atoms with E-state index in [1.54, 1.807) is 0 Å². The molecule has 1 aromatic carbocycles. The normalized spacial score (nSPS) is 17.9. The Kier molecular flexibility index (Phi) is 10.9. The summed E-state index contributed by atoms with van der Waals surface area (Å²) in [6.07, 6.45) is -3.38. The van der Waals surface area contributed by atoms with Crippen LogP contribution in [0.2, 0.25) is 0 Å². The molecule has 1 aliphatic heterocycles. The van der Waals surface area contributed by atoms with Crippen molar-refractivity contribution in [2.24, 2.45) is 10.9 Å². The second-order valence-corrected chi connectivity index (χ2v) is 6.78. The Hall–Kier alpha value is -1.23. The first kappa shape index (κ1) is 24.8. The molecule has 1 saturated heterocycles. The molecule has 0 amide bonds. The van der Waals surface area contributed by atoms with Gasteiger partial charge in [0.25, 0.3) is 0 Å². The largest absolute Gasteiger partial charge is 0.492 e. The average molecular weight is 514 g/mol. The zero-order chi connectivity index (χ0) is 19.7. The lowest BCUT2D eigenvalue weighted by molar-refractivity contribution is -0.143. The van der Waals surface area contributed by atoms with E-state index < -0.39 is 12.7 Å². The number of guanidine groups is 1. The number of hydrogen-bond donors (Lipinski definition) is 1. The SMILES string of the molecule is CCNC(=NCC1CCN(CC(F)(F)F)C1)N(C)CCOc1ccccc1.I. The third-order valence-corrected chi connectivity index (χ3v) is 4.41. The second kappa shape index (κ2) is 12.4. The minimum Gasteiger partial charge on any atom is -0.492 e. The molecule has 9 heteroatoms. The molecule has 1 N–H and O–H groups in total. The topological polar surface area (TPSA) is 40.1 Å². The van der Waals surface area contributed by atoms with Gasteiger partial charge in [0.15, 0.2) is 5.96 Å². The summed E-state index contributed by atoms with van der Waals surface area (Å²) in [5.41, 5.74) is 0. The fraction of sp³-hybridized carbons (Fsp3) is 0.632. The monoisotopic (exact) mass is 514 g/mol. The lowest BCUT2D eigenvalue weighted by Crippen LogP contribution is -2.41. The number of halogens is 4. The number of para-hydroxylation sites is 1. The van der Waals surface area contributed by atoms with Crippen molar-refractivity contribution in [2.45, 2.75) is 19.5 Å². The van der Waals surface area contributed by atoms with E-state index in [4.69, 9.17) is 4.74 Å². The highest BCUT2D eigenvalue weighted by Gasteiger charge is 2.34. The molecular weight excluding hydrogens is 484 g/mol. The van der Waals surface area contributed by atoms with E-state index in [0.717, 1.165) is 24.7 Å². The molecule has 0 radical (unpaired) electrons. The van der Waals surface area contributed by atoms with Crippen molar-refractivity contribution in [3.05, 3.63) is 30.3 Å². The van der Waals surface area contributed by atoms with Crippen LogP contribution in [-0.2, 0) is 0 Å². The van der Waals surface area contributed by atoms with E-state index in [0.29, 0.717) is 32.8 Å². The standard InChI is InChI=1S/C19H29F3N4O.HI/c1-3-23-18(25(2)11-12-27-17-7-5-4-6-8-17)24-13-16-9-10-26(14-16)15-19(20,21)22;/h4-8,16H,3,9-15H2,1-2H3,(H,23,24);1H. The molecule has 28 heavy (non-hydrogen) atoms. The average Bonchev–Trinajstić information content (AvgIpc) is 3.04. The Bertz CT molecular complexity index is 586. The second-order valence-electron chi connectivity index (χ2n) is 6.78. The number of nitrogens with zero attached hydrogens (tertiary/aromatic N) is 3. The summed E-state index contributed by atoms with van der Waals surface area (Å²) in [6, 6.07) is 9.61. The Labute approximate surface area is 182 Å². The maximum atomic E-state index is 12.5. The highest BCUT2D eigenvalue weighted by molar-refractivity contribution is 14.0. The molecule has 1 aliphatic rings. The first-order valence-electron chi connectivity index (χ1n) is 9.33. The molecule has 160 valence electrons. The third-order valence-electron chi connectivity index (χ3n) is 4.41. The van der Waals surface area contributed by atoms with Gasteiger partial charge in [0, 0.05) is 26.7 Å². The van der Waals surface area contributed by atoms with Crippen molar-refractivity contribution in [1.82, 2.24) is 15.1 Å². The van der Waals surface area contributed by atoms with Gasteiger partial charge in [0.05, 0.1) is 13.1 Å². The number of rotatable bonds is 8. The molecular formula is C19H30F3IN4O. The summed E-state index contributed by atoms with van der Waals surface area (Å²) in [6.45, 7) is 4.53. The van der Waals surface area contributed by atoms with Crippen LogP contribution in [0.25, 0.3) is 0 Å². The molecule has 1 atom stereocenters. The van der Waals surface area contributed by atoms with Crippen LogP contribution in [0, 0.1) is 5.92 Å². The van der Waals surface area contributed by atoms with Crippen molar-refractivity contribution in [3.8, 4) is 5.75 Å². The molecule has 0 aromatic heterocycles. The van der Waals surface area contributed by atoms with Gasteiger partial charge in [0.2, 0.25) is 0 Å². The Balaban J connectivity index is 0.00000392. The number of benzene rings is 1. The highest BCUT2D eigenvalue weighted by atomic mass is 127. The van der Waals surface area contributed by atoms with E-state index in [2.05, 4.69) is 10.3 Å². The summed E-state index contributed by atoms with van der Waals surface area (Å²) >= 11 is 0. The molecule has 1 unspecified atom stereocenters. The molecule has 1 fully saturated rings. The van der Waals surface area contributed by atoms with Gasteiger partial charge in [-0.3, -0.25) is 9.89 Å². The number of ether oxygens (including phenoxy) is 1. The number of hydrogen-bond acceptors (Lipinski definition) is 3. The first-order chi connectivity index (χ1) is 12.9. The van der Waals surface area contributed by atoms with Crippen LogP contribution in [0.4, 0.5) is 13.2 Å². The Morgan fingerprint density at radius 3 is 2.68 bits per heavy atom. The maximum Gasteiger partial charge on any atom is 0.401 e. The van der Waals surface area contributed by atoms with Crippen LogP contribution in [-0.4, -0.2) is 74.9 Å². The highest BCUT2D eigenvalue weighted by Crippen LogP contribution is 2.22. The number of aliphatic imine (C=N–C) groups is 1. The van der Waals surface area contributed by atoms with Crippen LogP contribution in [0.1, 0.15) is 13.3 Å². The van der Waals surface area contributed by atoms with Gasteiger partial charge in [-0.05, 0) is 37.9 Å². The van der Waals surface area contributed by atoms with Gasteiger partial charge in [-0.1, -0.05) is 18.2 Å². The lowest BCUT2D eigenvalue weighted by atomic mass is 10.1. The molecule has 1 heterocycles. The van der Waals surface area contributed by atoms with Crippen molar-refractivity contribution in [1.29, 1.82) is 0 Å². The number of alkyl halides is 3. The van der Waals surface area contributed by atoms with Gasteiger partial charge < -0.3 is 15.0 Å². The fourth-order valence-electron chi connectivity index (χ4n) is 3.07. The van der Waals surface area contributed by atoms with Crippen LogP contribution in [0.3, 0.4) is 0 Å². The van der Waals surface area contributed by atoms with E-state index in [9.17, 15) is 13.2 Å². The molecule has 1 aromatic rings. The van der Waals surface area contributed by atoms with E-state index in [1.165, 1.54) is 4.90 Å². The van der Waals surface area contributed by atoms with E-state index in [-0.39, 0.29) is 29.9 Å².